The second-order valence-electron chi connectivity index (χ2n) is 9.57. The van der Waals surface area contributed by atoms with Crippen LogP contribution >= 0.6 is 0 Å². The molecule has 2 unspecified atom stereocenters. The second-order valence-corrected chi connectivity index (χ2v) is 9.57. The summed E-state index contributed by atoms with van der Waals surface area (Å²) in [6, 6.07) is 1.04. The highest BCUT2D eigenvalue weighted by Crippen LogP contribution is 2.50. The van der Waals surface area contributed by atoms with Crippen LogP contribution in [-0.2, 0) is 4.79 Å². The first kappa shape index (κ1) is 23.8. The molecule has 0 radical (unpaired) electrons. The first-order valence-electron chi connectivity index (χ1n) is 11.2. The van der Waals surface area contributed by atoms with Crippen LogP contribution in [0.25, 0.3) is 5.78 Å². The quantitative estimate of drug-likeness (QED) is 0.584. The largest absolute Gasteiger partial charge is 0.392 e. The topological polar surface area (TPSA) is 99.3 Å². The van der Waals surface area contributed by atoms with E-state index in [1.807, 2.05) is 0 Å². The monoisotopic (exact) mass is 473 g/mol. The van der Waals surface area contributed by atoms with E-state index < -0.39 is 41.8 Å². The lowest BCUT2D eigenvalue weighted by Gasteiger charge is -2.31. The molecule has 1 amide bonds. The van der Waals surface area contributed by atoms with Crippen LogP contribution in [0.5, 0.6) is 0 Å². The van der Waals surface area contributed by atoms with Gasteiger partial charge in [0.15, 0.2) is 0 Å². The molecule has 182 valence electrons. The van der Waals surface area contributed by atoms with Gasteiger partial charge in [-0.15, -0.1) is 0 Å². The van der Waals surface area contributed by atoms with Crippen molar-refractivity contribution in [3.05, 3.63) is 29.8 Å². The van der Waals surface area contributed by atoms with E-state index in [-0.39, 0.29) is 30.5 Å². The lowest BCUT2D eigenvalue weighted by molar-refractivity contribution is -0.188. The summed E-state index contributed by atoms with van der Waals surface area (Å²) in [6.07, 6.45) is 0.278. The fourth-order valence-corrected chi connectivity index (χ4v) is 5.03. The molecular weight excluding hydrogens is 445 g/mol. The third-order valence-corrected chi connectivity index (χ3v) is 7.22. The van der Waals surface area contributed by atoms with Gasteiger partial charge in [-0.05, 0) is 43.6 Å². The average Bonchev–Trinajstić information content (AvgIpc) is 3.47. The van der Waals surface area contributed by atoms with Gasteiger partial charge in [-0.3, -0.25) is 9.20 Å². The molecule has 0 aliphatic heterocycles. The molecule has 2 aliphatic rings. The zero-order valence-corrected chi connectivity index (χ0v) is 18.2. The van der Waals surface area contributed by atoms with Gasteiger partial charge in [-0.25, -0.2) is 18.7 Å². The molecule has 2 fully saturated rings. The van der Waals surface area contributed by atoms with Crippen molar-refractivity contribution in [2.24, 2.45) is 35.1 Å². The molecule has 0 aromatic carbocycles. The SMILES string of the molecule is CC(C(C(N)=O)[C@@H](c1ccn2cc([C@@H](N)C3CCC(F)(F)CC3)nc2n1)C1CC1)C(F)(F)F. The number of alkyl halides is 5. The number of primary amides is 1. The van der Waals surface area contributed by atoms with Crippen LogP contribution in [0.2, 0.25) is 0 Å². The lowest BCUT2D eigenvalue weighted by atomic mass is 9.77. The Labute approximate surface area is 187 Å². The number of aromatic nitrogens is 3. The van der Waals surface area contributed by atoms with Crippen molar-refractivity contribution >= 4 is 11.7 Å². The third-order valence-electron chi connectivity index (χ3n) is 7.22. The first-order chi connectivity index (χ1) is 15.4. The van der Waals surface area contributed by atoms with Crippen molar-refractivity contribution in [3.8, 4) is 0 Å². The highest BCUT2D eigenvalue weighted by Gasteiger charge is 2.51. The lowest BCUT2D eigenvalue weighted by Crippen LogP contribution is -2.41. The molecule has 0 spiro atoms. The summed E-state index contributed by atoms with van der Waals surface area (Å²) in [6.45, 7) is 0.976. The summed E-state index contributed by atoms with van der Waals surface area (Å²) in [7, 11) is 0. The van der Waals surface area contributed by atoms with E-state index in [0.29, 0.717) is 37.1 Å². The normalized spacial score (nSPS) is 23.2. The van der Waals surface area contributed by atoms with Crippen molar-refractivity contribution < 1.29 is 26.7 Å². The molecule has 0 saturated heterocycles. The zero-order chi connectivity index (χ0) is 24.1. The van der Waals surface area contributed by atoms with Crippen molar-refractivity contribution in [1.29, 1.82) is 0 Å². The Bertz CT molecular complexity index is 1010. The smallest absolute Gasteiger partial charge is 0.369 e. The number of nitrogens with zero attached hydrogens (tertiary/aromatic N) is 3. The summed E-state index contributed by atoms with van der Waals surface area (Å²) in [5.74, 6) is -7.78. The number of imidazole rings is 1. The van der Waals surface area contributed by atoms with Gasteiger partial charge in [0.05, 0.1) is 29.3 Å². The molecule has 2 aliphatic carbocycles. The minimum atomic E-state index is -4.57. The van der Waals surface area contributed by atoms with Crippen LogP contribution in [0, 0.1) is 23.7 Å². The maximum atomic E-state index is 13.5. The van der Waals surface area contributed by atoms with Gasteiger partial charge in [0.1, 0.15) is 0 Å². The second kappa shape index (κ2) is 8.48. The molecule has 2 saturated carbocycles. The minimum Gasteiger partial charge on any atom is -0.369 e. The van der Waals surface area contributed by atoms with Crippen molar-refractivity contribution in [2.45, 2.75) is 69.5 Å². The van der Waals surface area contributed by atoms with E-state index in [0.717, 1.165) is 6.92 Å². The minimum absolute atomic E-state index is 0.108. The Hall–Kier alpha value is -2.30. The predicted octanol–water partition coefficient (Wildman–Crippen LogP) is 4.35. The Morgan fingerprint density at radius 1 is 1.12 bits per heavy atom. The van der Waals surface area contributed by atoms with Crippen LogP contribution in [0.1, 0.15) is 68.8 Å². The number of carbonyl (C=O) groups excluding carboxylic acids is 1. The highest BCUT2D eigenvalue weighted by molar-refractivity contribution is 5.78. The van der Waals surface area contributed by atoms with E-state index in [9.17, 15) is 26.7 Å². The number of rotatable bonds is 7. The number of amides is 1. The fourth-order valence-electron chi connectivity index (χ4n) is 5.03. The molecule has 33 heavy (non-hydrogen) atoms. The van der Waals surface area contributed by atoms with Gasteiger partial charge < -0.3 is 11.5 Å². The molecule has 2 heterocycles. The number of halogens is 5. The third kappa shape index (κ3) is 4.97. The molecule has 4 N–H and O–H groups in total. The average molecular weight is 473 g/mol. The molecule has 2 aromatic rings. The Balaban J connectivity index is 1.62. The zero-order valence-electron chi connectivity index (χ0n) is 18.2. The molecule has 6 nitrogen and oxygen atoms in total. The van der Waals surface area contributed by atoms with Crippen LogP contribution < -0.4 is 11.5 Å². The molecule has 0 bridgehead atoms. The fraction of sp³-hybridized carbons (Fsp3) is 0.682. The van der Waals surface area contributed by atoms with Gasteiger partial charge in [-0.1, -0.05) is 6.92 Å². The maximum absolute atomic E-state index is 13.5. The van der Waals surface area contributed by atoms with Crippen molar-refractivity contribution in [3.63, 3.8) is 0 Å². The molecule has 2 aromatic heterocycles. The summed E-state index contributed by atoms with van der Waals surface area (Å²) in [5.41, 5.74) is 12.6. The number of nitrogens with two attached hydrogens (primary N) is 2. The van der Waals surface area contributed by atoms with Gasteiger partial charge in [0.25, 0.3) is 0 Å². The maximum Gasteiger partial charge on any atom is 0.392 e. The van der Waals surface area contributed by atoms with Gasteiger partial charge >= 0.3 is 6.18 Å². The predicted molar refractivity (Wildman–Crippen MR) is 110 cm³/mol. The summed E-state index contributed by atoms with van der Waals surface area (Å²) < 4.78 is 69.0. The Kier molecular flexibility index (Phi) is 6.13. The molecule has 11 heteroatoms. The number of carbonyl (C=O) groups is 1. The molecule has 4 atom stereocenters. The van der Waals surface area contributed by atoms with E-state index in [1.165, 1.54) is 0 Å². The van der Waals surface area contributed by atoms with E-state index in [2.05, 4.69) is 9.97 Å². The van der Waals surface area contributed by atoms with Gasteiger partial charge in [-0.2, -0.15) is 13.2 Å². The summed E-state index contributed by atoms with van der Waals surface area (Å²) >= 11 is 0. The number of hydrogen-bond acceptors (Lipinski definition) is 4. The molecule has 4 rings (SSSR count). The van der Waals surface area contributed by atoms with Crippen molar-refractivity contribution in [2.75, 3.05) is 0 Å². The first-order valence-corrected chi connectivity index (χ1v) is 11.2. The van der Waals surface area contributed by atoms with Crippen LogP contribution in [0.3, 0.4) is 0 Å². The van der Waals surface area contributed by atoms with E-state index in [4.69, 9.17) is 11.5 Å². The van der Waals surface area contributed by atoms with Crippen molar-refractivity contribution in [1.82, 2.24) is 14.4 Å². The highest BCUT2D eigenvalue weighted by atomic mass is 19.4. The van der Waals surface area contributed by atoms with Crippen LogP contribution in [0.15, 0.2) is 18.5 Å². The van der Waals surface area contributed by atoms with Crippen LogP contribution in [0.4, 0.5) is 22.0 Å². The van der Waals surface area contributed by atoms with Gasteiger partial charge in [0, 0.05) is 31.2 Å². The molecular formula is C22H28F5N5O. The number of fused-ring (bicyclic) bond motifs is 1. The summed E-state index contributed by atoms with van der Waals surface area (Å²) in [4.78, 5) is 21.0. The van der Waals surface area contributed by atoms with Gasteiger partial charge in [0.2, 0.25) is 17.6 Å². The Morgan fingerprint density at radius 2 is 1.73 bits per heavy atom. The van der Waals surface area contributed by atoms with Crippen LogP contribution in [-0.4, -0.2) is 32.4 Å². The van der Waals surface area contributed by atoms with E-state index >= 15 is 0 Å². The Morgan fingerprint density at radius 3 is 2.27 bits per heavy atom. The standard InChI is InChI=1S/C22H28F5N5O/c1-11(22(25,26)27)16(19(29)33)17(12-2-3-12)14-6-9-32-10-15(31-20(32)30-14)18(28)13-4-7-21(23,24)8-5-13/h6,9-13,16-18H,2-5,7-8,28H2,1H3,(H2,29,33)/t11?,16?,17-,18+/m1/s1. The van der Waals surface area contributed by atoms with E-state index in [1.54, 1.807) is 22.9 Å². The summed E-state index contributed by atoms with van der Waals surface area (Å²) in [5, 5.41) is 0. The number of hydrogen-bond donors (Lipinski definition) is 2.